The third-order valence-electron chi connectivity index (χ3n) is 3.20. The maximum absolute atomic E-state index is 11.6. The number of rotatable bonds is 7. The fraction of sp³-hybridized carbons (Fsp3) is 0.353. The van der Waals surface area contributed by atoms with E-state index in [4.69, 9.17) is 9.52 Å². The van der Waals surface area contributed by atoms with E-state index in [2.05, 4.69) is 5.32 Å². The molecule has 2 aromatic rings. The van der Waals surface area contributed by atoms with Gasteiger partial charge in [0.2, 0.25) is 5.91 Å². The van der Waals surface area contributed by atoms with Gasteiger partial charge in [-0.25, -0.2) is 0 Å². The van der Waals surface area contributed by atoms with Crippen LogP contribution in [0.2, 0.25) is 0 Å². The second-order valence-corrected chi connectivity index (χ2v) is 5.12. The van der Waals surface area contributed by atoms with Gasteiger partial charge in [0.15, 0.2) is 0 Å². The van der Waals surface area contributed by atoms with Crippen LogP contribution in [0.15, 0.2) is 46.9 Å². The van der Waals surface area contributed by atoms with Gasteiger partial charge in [-0.15, -0.1) is 0 Å². The number of benzene rings is 1. The third kappa shape index (κ3) is 5.08. The van der Waals surface area contributed by atoms with Crippen molar-refractivity contribution in [3.63, 3.8) is 0 Å². The van der Waals surface area contributed by atoms with E-state index in [0.717, 1.165) is 17.1 Å². The fourth-order valence-corrected chi connectivity index (χ4v) is 2.02. The summed E-state index contributed by atoms with van der Waals surface area (Å²) >= 11 is 0. The van der Waals surface area contributed by atoms with E-state index >= 15 is 0 Å². The minimum atomic E-state index is -0.385. The molecule has 2 rings (SSSR count). The summed E-state index contributed by atoms with van der Waals surface area (Å²) < 4.78 is 5.74. The number of aryl methyl sites for hydroxylation is 1. The Morgan fingerprint density at radius 2 is 2.00 bits per heavy atom. The van der Waals surface area contributed by atoms with E-state index in [-0.39, 0.29) is 12.0 Å². The number of carbonyl (C=O) groups is 1. The minimum Gasteiger partial charge on any atom is -0.461 e. The van der Waals surface area contributed by atoms with Gasteiger partial charge >= 0.3 is 0 Å². The molecular formula is C17H21NO3. The topological polar surface area (TPSA) is 62.5 Å². The van der Waals surface area contributed by atoms with Crippen LogP contribution in [0.25, 0.3) is 11.3 Å². The van der Waals surface area contributed by atoms with Crippen molar-refractivity contribution in [3.8, 4) is 11.3 Å². The van der Waals surface area contributed by atoms with Crippen LogP contribution < -0.4 is 5.32 Å². The zero-order valence-corrected chi connectivity index (χ0v) is 12.2. The summed E-state index contributed by atoms with van der Waals surface area (Å²) in [7, 11) is 0. The van der Waals surface area contributed by atoms with Crippen LogP contribution in [0.4, 0.5) is 0 Å². The van der Waals surface area contributed by atoms with Gasteiger partial charge in [0.1, 0.15) is 11.5 Å². The molecule has 0 aliphatic heterocycles. The van der Waals surface area contributed by atoms with Crippen LogP contribution in [0, 0.1) is 0 Å². The quantitative estimate of drug-likeness (QED) is 0.823. The lowest BCUT2D eigenvalue weighted by Gasteiger charge is -2.06. The predicted molar refractivity (Wildman–Crippen MR) is 81.8 cm³/mol. The first-order chi connectivity index (χ1) is 10.1. The predicted octanol–water partition coefficient (Wildman–Crippen LogP) is 2.77. The molecule has 2 N–H and O–H groups in total. The van der Waals surface area contributed by atoms with E-state index in [0.29, 0.717) is 25.8 Å². The van der Waals surface area contributed by atoms with Gasteiger partial charge in [-0.3, -0.25) is 4.79 Å². The van der Waals surface area contributed by atoms with E-state index in [1.807, 2.05) is 42.5 Å². The highest BCUT2D eigenvalue weighted by molar-refractivity contribution is 5.76. The molecule has 4 nitrogen and oxygen atoms in total. The van der Waals surface area contributed by atoms with Crippen LogP contribution in [0.5, 0.6) is 0 Å². The number of nitrogens with one attached hydrogen (secondary N) is 1. The zero-order chi connectivity index (χ0) is 15.1. The van der Waals surface area contributed by atoms with Crippen molar-refractivity contribution in [2.24, 2.45) is 0 Å². The molecule has 1 unspecified atom stereocenters. The van der Waals surface area contributed by atoms with Gasteiger partial charge in [0.05, 0.1) is 6.10 Å². The monoisotopic (exact) mass is 287 g/mol. The summed E-state index contributed by atoms with van der Waals surface area (Å²) in [6, 6.07) is 13.7. The number of hydrogen-bond donors (Lipinski definition) is 2. The first kappa shape index (κ1) is 15.3. The molecule has 0 aliphatic rings. The summed E-state index contributed by atoms with van der Waals surface area (Å²) in [6.45, 7) is 2.21. The lowest BCUT2D eigenvalue weighted by molar-refractivity contribution is -0.121. The smallest absolute Gasteiger partial charge is 0.220 e. The third-order valence-corrected chi connectivity index (χ3v) is 3.20. The number of hydrogen-bond acceptors (Lipinski definition) is 3. The van der Waals surface area contributed by atoms with Crippen LogP contribution in [-0.4, -0.2) is 23.7 Å². The van der Waals surface area contributed by atoms with Crippen molar-refractivity contribution >= 4 is 5.91 Å². The summed E-state index contributed by atoms with van der Waals surface area (Å²) in [5.74, 6) is 1.60. The molecule has 1 aromatic carbocycles. The Morgan fingerprint density at radius 3 is 2.71 bits per heavy atom. The molecule has 0 fully saturated rings. The first-order valence-electron chi connectivity index (χ1n) is 7.24. The first-order valence-corrected chi connectivity index (χ1v) is 7.24. The van der Waals surface area contributed by atoms with Crippen LogP contribution in [0.3, 0.4) is 0 Å². The highest BCUT2D eigenvalue weighted by Crippen LogP contribution is 2.22. The molecular weight excluding hydrogens is 266 g/mol. The van der Waals surface area contributed by atoms with Crippen LogP contribution in [-0.2, 0) is 11.2 Å². The van der Waals surface area contributed by atoms with Gasteiger partial charge in [-0.05, 0) is 25.5 Å². The van der Waals surface area contributed by atoms with Crippen molar-refractivity contribution in [1.29, 1.82) is 0 Å². The Kier molecular flexibility index (Phi) is 5.58. The van der Waals surface area contributed by atoms with E-state index in [9.17, 15) is 4.79 Å². The standard InChI is InChI=1S/C17H21NO3/c1-13(19)11-12-18-17(20)10-8-15-7-9-16(21-15)14-5-3-2-4-6-14/h2-7,9,13,19H,8,10-12H2,1H3,(H,18,20). The van der Waals surface area contributed by atoms with Crippen LogP contribution in [0.1, 0.15) is 25.5 Å². The summed E-state index contributed by atoms with van der Waals surface area (Å²) in [5.41, 5.74) is 1.03. The number of furan rings is 1. The number of aliphatic hydroxyl groups excluding tert-OH is 1. The van der Waals surface area contributed by atoms with Gasteiger partial charge in [0.25, 0.3) is 0 Å². The summed E-state index contributed by atoms with van der Waals surface area (Å²) in [5, 5.41) is 11.9. The number of carbonyl (C=O) groups excluding carboxylic acids is 1. The Bertz CT molecular complexity index is 560. The molecule has 112 valence electrons. The van der Waals surface area contributed by atoms with Gasteiger partial charge < -0.3 is 14.8 Å². The van der Waals surface area contributed by atoms with E-state index < -0.39 is 0 Å². The SMILES string of the molecule is CC(O)CCNC(=O)CCc1ccc(-c2ccccc2)o1. The Hall–Kier alpha value is -2.07. The lowest BCUT2D eigenvalue weighted by atomic mass is 10.2. The zero-order valence-electron chi connectivity index (χ0n) is 12.2. The van der Waals surface area contributed by atoms with Crippen molar-refractivity contribution in [1.82, 2.24) is 5.32 Å². The van der Waals surface area contributed by atoms with E-state index in [1.165, 1.54) is 0 Å². The molecule has 0 radical (unpaired) electrons. The number of aliphatic hydroxyl groups is 1. The molecule has 0 saturated heterocycles. The fourth-order valence-electron chi connectivity index (χ4n) is 2.02. The van der Waals surface area contributed by atoms with Gasteiger partial charge in [0, 0.05) is 24.9 Å². The normalized spacial score (nSPS) is 12.1. The molecule has 0 spiro atoms. The summed E-state index contributed by atoms with van der Waals surface area (Å²) in [4.78, 5) is 11.6. The van der Waals surface area contributed by atoms with Crippen molar-refractivity contribution in [3.05, 3.63) is 48.2 Å². The second-order valence-electron chi connectivity index (χ2n) is 5.12. The Morgan fingerprint density at radius 1 is 1.24 bits per heavy atom. The van der Waals surface area contributed by atoms with E-state index in [1.54, 1.807) is 6.92 Å². The van der Waals surface area contributed by atoms with Gasteiger partial charge in [-0.1, -0.05) is 30.3 Å². The highest BCUT2D eigenvalue weighted by atomic mass is 16.3. The molecule has 21 heavy (non-hydrogen) atoms. The molecule has 0 bridgehead atoms. The Balaban J connectivity index is 1.79. The van der Waals surface area contributed by atoms with Gasteiger partial charge in [-0.2, -0.15) is 0 Å². The maximum atomic E-state index is 11.6. The Labute approximate surface area is 124 Å². The highest BCUT2D eigenvalue weighted by Gasteiger charge is 2.07. The molecule has 0 aliphatic carbocycles. The molecule has 1 atom stereocenters. The molecule has 1 aromatic heterocycles. The van der Waals surface area contributed by atoms with Crippen LogP contribution >= 0.6 is 0 Å². The molecule has 4 heteroatoms. The molecule has 1 heterocycles. The minimum absolute atomic E-state index is 0.0201. The summed E-state index contributed by atoms with van der Waals surface area (Å²) in [6.07, 6.45) is 1.16. The second kappa shape index (κ2) is 7.64. The number of amides is 1. The average Bonchev–Trinajstić information content (AvgIpc) is 2.94. The molecule has 1 amide bonds. The largest absolute Gasteiger partial charge is 0.461 e. The van der Waals surface area contributed by atoms with Crippen molar-refractivity contribution in [2.75, 3.05) is 6.54 Å². The average molecular weight is 287 g/mol. The van der Waals surface area contributed by atoms with Crippen molar-refractivity contribution < 1.29 is 14.3 Å². The maximum Gasteiger partial charge on any atom is 0.220 e. The molecule has 0 saturated carbocycles. The van der Waals surface area contributed by atoms with Crippen molar-refractivity contribution in [2.45, 2.75) is 32.3 Å². The lowest BCUT2D eigenvalue weighted by Crippen LogP contribution is -2.26.